The minimum absolute atomic E-state index is 0.577. The van der Waals surface area contributed by atoms with Crippen LogP contribution in [0, 0.1) is 13.8 Å². The van der Waals surface area contributed by atoms with Crippen LogP contribution in [-0.2, 0) is 0 Å². The summed E-state index contributed by atoms with van der Waals surface area (Å²) in [5.41, 5.74) is 3.13. The van der Waals surface area contributed by atoms with E-state index in [0.717, 1.165) is 11.4 Å². The number of fused-ring (bicyclic) bond motifs is 1. The Morgan fingerprint density at radius 2 is 1.83 bits per heavy atom. The highest BCUT2D eigenvalue weighted by Gasteiger charge is 2.02. The van der Waals surface area contributed by atoms with Crippen molar-refractivity contribution < 1.29 is 4.74 Å². The van der Waals surface area contributed by atoms with Gasteiger partial charge in [-0.25, -0.2) is 4.52 Å². The van der Waals surface area contributed by atoms with E-state index in [1.807, 2.05) is 38.2 Å². The molecular formula is C14H13N3O. The van der Waals surface area contributed by atoms with E-state index in [9.17, 15) is 0 Å². The van der Waals surface area contributed by atoms with Crippen LogP contribution in [0.2, 0.25) is 0 Å². The molecule has 0 unspecified atom stereocenters. The lowest BCUT2D eigenvalue weighted by Crippen LogP contribution is -1.93. The fraction of sp³-hybridized carbons (Fsp3) is 0.143. The van der Waals surface area contributed by atoms with Gasteiger partial charge in [0.15, 0.2) is 5.65 Å². The lowest BCUT2D eigenvalue weighted by Gasteiger charge is -2.07. The third-order valence-corrected chi connectivity index (χ3v) is 2.65. The molecule has 18 heavy (non-hydrogen) atoms. The number of hydrogen-bond donors (Lipinski definition) is 0. The van der Waals surface area contributed by atoms with Crippen molar-refractivity contribution in [3.05, 3.63) is 53.9 Å². The highest BCUT2D eigenvalue weighted by atomic mass is 16.5. The maximum atomic E-state index is 5.77. The van der Waals surface area contributed by atoms with Gasteiger partial charge in [0.2, 0.25) is 5.88 Å². The van der Waals surface area contributed by atoms with Crippen LogP contribution in [0.1, 0.15) is 11.1 Å². The summed E-state index contributed by atoms with van der Waals surface area (Å²) in [7, 11) is 0. The standard InChI is InChI=1S/C14H13N3O/c1-10-7-11(2)9-12(8-10)18-14-4-6-17-13(16-14)3-5-15-17/h3-9H,1-2H3. The molecule has 3 aromatic rings. The summed E-state index contributed by atoms with van der Waals surface area (Å²) >= 11 is 0. The van der Waals surface area contributed by atoms with Crippen molar-refractivity contribution in [1.82, 2.24) is 14.6 Å². The van der Waals surface area contributed by atoms with Crippen molar-refractivity contribution >= 4 is 5.65 Å². The van der Waals surface area contributed by atoms with Gasteiger partial charge in [-0.15, -0.1) is 0 Å². The molecule has 4 heteroatoms. The Morgan fingerprint density at radius 1 is 1.06 bits per heavy atom. The van der Waals surface area contributed by atoms with Gasteiger partial charge in [-0.2, -0.15) is 10.1 Å². The molecule has 0 saturated heterocycles. The Morgan fingerprint density at radius 3 is 2.61 bits per heavy atom. The van der Waals surface area contributed by atoms with Gasteiger partial charge in [-0.3, -0.25) is 0 Å². The molecule has 2 aromatic heterocycles. The number of rotatable bonds is 2. The van der Waals surface area contributed by atoms with Crippen LogP contribution >= 0.6 is 0 Å². The Hall–Kier alpha value is -2.36. The second kappa shape index (κ2) is 4.14. The molecule has 1 aromatic carbocycles. The molecule has 0 fully saturated rings. The molecule has 0 aliphatic heterocycles. The summed E-state index contributed by atoms with van der Waals surface area (Å²) < 4.78 is 7.47. The lowest BCUT2D eigenvalue weighted by atomic mass is 10.1. The molecule has 0 bridgehead atoms. The van der Waals surface area contributed by atoms with Crippen LogP contribution in [0.25, 0.3) is 5.65 Å². The maximum absolute atomic E-state index is 5.77. The predicted molar refractivity (Wildman–Crippen MR) is 69.0 cm³/mol. The zero-order valence-corrected chi connectivity index (χ0v) is 10.3. The molecule has 0 saturated carbocycles. The minimum atomic E-state index is 0.577. The molecule has 3 rings (SSSR count). The second-order valence-corrected chi connectivity index (χ2v) is 4.33. The maximum Gasteiger partial charge on any atom is 0.222 e. The molecule has 4 nitrogen and oxygen atoms in total. The molecule has 0 amide bonds. The molecule has 0 N–H and O–H groups in total. The fourth-order valence-corrected chi connectivity index (χ4v) is 1.96. The topological polar surface area (TPSA) is 39.4 Å². The third kappa shape index (κ3) is 2.05. The first-order chi connectivity index (χ1) is 8.70. The van der Waals surface area contributed by atoms with E-state index < -0.39 is 0 Å². The van der Waals surface area contributed by atoms with Crippen LogP contribution in [0.5, 0.6) is 11.6 Å². The van der Waals surface area contributed by atoms with Crippen molar-refractivity contribution in [1.29, 1.82) is 0 Å². The number of nitrogens with zero attached hydrogens (tertiary/aromatic N) is 3. The molecule has 0 radical (unpaired) electrons. The summed E-state index contributed by atoms with van der Waals surface area (Å²) in [6.45, 7) is 4.10. The Labute approximate surface area is 105 Å². The predicted octanol–water partition coefficient (Wildman–Crippen LogP) is 3.14. The summed E-state index contributed by atoms with van der Waals surface area (Å²) in [5.74, 6) is 1.39. The number of aryl methyl sites for hydroxylation is 2. The van der Waals surface area contributed by atoms with Gasteiger partial charge in [0.1, 0.15) is 5.75 Å². The van der Waals surface area contributed by atoms with Gasteiger partial charge in [-0.1, -0.05) is 6.07 Å². The van der Waals surface area contributed by atoms with E-state index in [0.29, 0.717) is 5.88 Å². The lowest BCUT2D eigenvalue weighted by molar-refractivity contribution is 0.462. The summed E-state index contributed by atoms with van der Waals surface area (Å²) in [6, 6.07) is 9.75. The van der Waals surface area contributed by atoms with Gasteiger partial charge in [-0.05, 0) is 37.1 Å². The Bertz CT molecular complexity index is 683. The monoisotopic (exact) mass is 239 g/mol. The van der Waals surface area contributed by atoms with E-state index in [-0.39, 0.29) is 0 Å². The van der Waals surface area contributed by atoms with E-state index in [1.165, 1.54) is 11.1 Å². The van der Waals surface area contributed by atoms with E-state index in [1.54, 1.807) is 16.8 Å². The van der Waals surface area contributed by atoms with Gasteiger partial charge in [0, 0.05) is 18.3 Å². The number of hydrogen-bond acceptors (Lipinski definition) is 3. The molecule has 2 heterocycles. The number of ether oxygens (including phenoxy) is 1. The molecule has 0 atom stereocenters. The van der Waals surface area contributed by atoms with Crippen LogP contribution in [-0.4, -0.2) is 14.6 Å². The van der Waals surface area contributed by atoms with Crippen molar-refractivity contribution in [3.8, 4) is 11.6 Å². The smallest absolute Gasteiger partial charge is 0.222 e. The average Bonchev–Trinajstić information content (AvgIpc) is 2.74. The first-order valence-electron chi connectivity index (χ1n) is 5.77. The van der Waals surface area contributed by atoms with Crippen molar-refractivity contribution in [2.45, 2.75) is 13.8 Å². The first-order valence-corrected chi connectivity index (χ1v) is 5.77. The zero-order valence-electron chi connectivity index (χ0n) is 10.3. The zero-order chi connectivity index (χ0) is 12.5. The average molecular weight is 239 g/mol. The molecular weight excluding hydrogens is 226 g/mol. The molecule has 90 valence electrons. The van der Waals surface area contributed by atoms with Crippen LogP contribution in [0.4, 0.5) is 0 Å². The van der Waals surface area contributed by atoms with Gasteiger partial charge in [0.05, 0.1) is 6.20 Å². The third-order valence-electron chi connectivity index (χ3n) is 2.65. The van der Waals surface area contributed by atoms with Gasteiger partial charge >= 0.3 is 0 Å². The van der Waals surface area contributed by atoms with Crippen LogP contribution in [0.15, 0.2) is 42.7 Å². The summed E-state index contributed by atoms with van der Waals surface area (Å²) in [5, 5.41) is 4.09. The van der Waals surface area contributed by atoms with Crippen molar-refractivity contribution in [2.24, 2.45) is 0 Å². The number of benzene rings is 1. The van der Waals surface area contributed by atoms with Crippen molar-refractivity contribution in [3.63, 3.8) is 0 Å². The quantitative estimate of drug-likeness (QED) is 0.689. The molecule has 0 spiro atoms. The van der Waals surface area contributed by atoms with Gasteiger partial charge in [0.25, 0.3) is 0 Å². The highest BCUT2D eigenvalue weighted by Crippen LogP contribution is 2.22. The SMILES string of the molecule is Cc1cc(C)cc(Oc2ccn3nccc3n2)c1. The van der Waals surface area contributed by atoms with E-state index >= 15 is 0 Å². The van der Waals surface area contributed by atoms with Crippen LogP contribution < -0.4 is 4.74 Å². The Balaban J connectivity index is 1.95. The second-order valence-electron chi connectivity index (χ2n) is 4.33. The van der Waals surface area contributed by atoms with E-state index in [4.69, 9.17) is 4.74 Å². The normalized spacial score (nSPS) is 10.8. The van der Waals surface area contributed by atoms with Crippen molar-refractivity contribution in [2.75, 3.05) is 0 Å². The largest absolute Gasteiger partial charge is 0.439 e. The first kappa shape index (κ1) is 10.8. The number of aromatic nitrogens is 3. The highest BCUT2D eigenvalue weighted by molar-refractivity contribution is 5.40. The van der Waals surface area contributed by atoms with Crippen LogP contribution in [0.3, 0.4) is 0 Å². The molecule has 0 aliphatic rings. The minimum Gasteiger partial charge on any atom is -0.439 e. The summed E-state index contributed by atoms with van der Waals surface area (Å²) in [4.78, 5) is 4.37. The summed E-state index contributed by atoms with van der Waals surface area (Å²) in [6.07, 6.45) is 3.54. The van der Waals surface area contributed by atoms with Gasteiger partial charge < -0.3 is 4.74 Å². The molecule has 0 aliphatic carbocycles. The Kier molecular flexibility index (Phi) is 2.48. The van der Waals surface area contributed by atoms with E-state index in [2.05, 4.69) is 16.1 Å². The fourth-order valence-electron chi connectivity index (χ4n) is 1.96.